The highest BCUT2D eigenvalue weighted by molar-refractivity contribution is 7.89. The van der Waals surface area contributed by atoms with Gasteiger partial charge in [-0.05, 0) is 49.6 Å². The maximum absolute atomic E-state index is 12.8. The van der Waals surface area contributed by atoms with E-state index in [0.29, 0.717) is 26.2 Å². The quantitative estimate of drug-likeness (QED) is 0.765. The van der Waals surface area contributed by atoms with E-state index in [-0.39, 0.29) is 16.8 Å². The van der Waals surface area contributed by atoms with Crippen LogP contribution in [-0.2, 0) is 10.0 Å². The number of anilines is 1. The summed E-state index contributed by atoms with van der Waals surface area (Å²) in [5.41, 5.74) is 2.36. The van der Waals surface area contributed by atoms with Crippen molar-refractivity contribution in [3.63, 3.8) is 0 Å². The molecule has 0 bridgehead atoms. The van der Waals surface area contributed by atoms with E-state index in [9.17, 15) is 13.2 Å². The van der Waals surface area contributed by atoms with Gasteiger partial charge >= 0.3 is 0 Å². The highest BCUT2D eigenvalue weighted by Gasteiger charge is 2.31. The third-order valence-electron chi connectivity index (χ3n) is 5.63. The summed E-state index contributed by atoms with van der Waals surface area (Å²) in [5.74, 6) is -0.168. The molecule has 8 heteroatoms. The fourth-order valence-corrected chi connectivity index (χ4v) is 5.38. The molecule has 29 heavy (non-hydrogen) atoms. The van der Waals surface area contributed by atoms with Crippen LogP contribution in [0.4, 0.5) is 5.69 Å². The Kier molecular flexibility index (Phi) is 5.65. The molecule has 0 radical (unpaired) electrons. The molecule has 3 heterocycles. The van der Waals surface area contributed by atoms with Gasteiger partial charge in [0.15, 0.2) is 5.76 Å². The van der Waals surface area contributed by atoms with E-state index < -0.39 is 10.0 Å². The molecule has 2 aromatic rings. The van der Waals surface area contributed by atoms with Crippen molar-refractivity contribution >= 4 is 21.6 Å². The van der Waals surface area contributed by atoms with Gasteiger partial charge < -0.3 is 14.2 Å². The van der Waals surface area contributed by atoms with Crippen LogP contribution < -0.4 is 4.90 Å². The predicted octanol–water partition coefficient (Wildman–Crippen LogP) is 2.73. The number of piperidine rings is 1. The Morgan fingerprint density at radius 2 is 1.66 bits per heavy atom. The largest absolute Gasteiger partial charge is 0.438 e. The lowest BCUT2D eigenvalue weighted by molar-refractivity contribution is 0.0708. The summed E-state index contributed by atoms with van der Waals surface area (Å²) in [5, 5.41) is -0.138. The Labute approximate surface area is 171 Å². The van der Waals surface area contributed by atoms with E-state index >= 15 is 0 Å². The molecule has 0 atom stereocenters. The molecule has 1 aromatic heterocycles. The molecule has 0 saturated carbocycles. The van der Waals surface area contributed by atoms with Gasteiger partial charge in [0, 0.05) is 45.0 Å². The Morgan fingerprint density at radius 3 is 2.34 bits per heavy atom. The zero-order valence-electron chi connectivity index (χ0n) is 16.7. The minimum Gasteiger partial charge on any atom is -0.438 e. The minimum absolute atomic E-state index is 0.0876. The van der Waals surface area contributed by atoms with Crippen molar-refractivity contribution < 1.29 is 17.6 Å². The fourth-order valence-electron chi connectivity index (χ4n) is 3.95. The number of aryl methyl sites for hydroxylation is 1. The van der Waals surface area contributed by atoms with Gasteiger partial charge in [0.05, 0.1) is 0 Å². The SMILES string of the molecule is Cc1cccc(N2CCN(C(=O)c3ccc(S(=O)(=O)N4CCCCC4)o3)CC2)c1. The van der Waals surface area contributed by atoms with Gasteiger partial charge in [-0.1, -0.05) is 18.6 Å². The van der Waals surface area contributed by atoms with Crippen LogP contribution in [0.25, 0.3) is 0 Å². The van der Waals surface area contributed by atoms with Gasteiger partial charge in [-0.25, -0.2) is 8.42 Å². The molecule has 1 amide bonds. The molecule has 2 aliphatic heterocycles. The minimum atomic E-state index is -3.67. The summed E-state index contributed by atoms with van der Waals surface area (Å²) >= 11 is 0. The zero-order chi connectivity index (χ0) is 20.4. The van der Waals surface area contributed by atoms with Gasteiger partial charge in [0.1, 0.15) is 0 Å². The zero-order valence-corrected chi connectivity index (χ0v) is 17.5. The van der Waals surface area contributed by atoms with Crippen molar-refractivity contribution in [2.45, 2.75) is 31.3 Å². The number of rotatable bonds is 4. The van der Waals surface area contributed by atoms with E-state index in [0.717, 1.165) is 38.0 Å². The smallest absolute Gasteiger partial charge is 0.289 e. The van der Waals surface area contributed by atoms with Crippen molar-refractivity contribution in [3.8, 4) is 0 Å². The number of furan rings is 1. The summed E-state index contributed by atoms with van der Waals surface area (Å²) in [4.78, 5) is 16.8. The molecule has 4 rings (SSSR count). The number of benzene rings is 1. The molecule has 2 fully saturated rings. The van der Waals surface area contributed by atoms with Gasteiger partial charge in [-0.2, -0.15) is 4.31 Å². The van der Waals surface area contributed by atoms with E-state index in [1.807, 2.05) is 6.07 Å². The first-order valence-electron chi connectivity index (χ1n) is 10.2. The van der Waals surface area contributed by atoms with Crippen LogP contribution in [-0.4, -0.2) is 62.8 Å². The second-order valence-electron chi connectivity index (χ2n) is 7.70. The van der Waals surface area contributed by atoms with Gasteiger partial charge in [-0.15, -0.1) is 0 Å². The number of nitrogens with zero attached hydrogens (tertiary/aromatic N) is 3. The van der Waals surface area contributed by atoms with E-state index in [4.69, 9.17) is 4.42 Å². The van der Waals surface area contributed by atoms with Crippen molar-refractivity contribution in [2.24, 2.45) is 0 Å². The molecule has 0 unspecified atom stereocenters. The number of carbonyl (C=O) groups is 1. The molecule has 156 valence electrons. The van der Waals surface area contributed by atoms with Crippen LogP contribution in [0.15, 0.2) is 45.9 Å². The second kappa shape index (κ2) is 8.20. The summed E-state index contributed by atoms with van der Waals surface area (Å²) in [6.45, 7) is 5.68. The lowest BCUT2D eigenvalue weighted by Crippen LogP contribution is -2.48. The van der Waals surface area contributed by atoms with Crippen molar-refractivity contribution in [2.75, 3.05) is 44.2 Å². The molecule has 0 N–H and O–H groups in total. The lowest BCUT2D eigenvalue weighted by Gasteiger charge is -2.35. The lowest BCUT2D eigenvalue weighted by atomic mass is 10.2. The topological polar surface area (TPSA) is 74.1 Å². The van der Waals surface area contributed by atoms with E-state index in [1.165, 1.54) is 22.0 Å². The maximum atomic E-state index is 12.8. The molecule has 1 aromatic carbocycles. The van der Waals surface area contributed by atoms with Crippen LogP contribution in [0.2, 0.25) is 0 Å². The fraction of sp³-hybridized carbons (Fsp3) is 0.476. The van der Waals surface area contributed by atoms with Crippen molar-refractivity contribution in [3.05, 3.63) is 47.7 Å². The Morgan fingerprint density at radius 1 is 0.931 bits per heavy atom. The normalized spacial score (nSPS) is 18.8. The van der Waals surface area contributed by atoms with Crippen LogP contribution >= 0.6 is 0 Å². The first kappa shape index (κ1) is 20.0. The number of carbonyl (C=O) groups excluding carboxylic acids is 1. The predicted molar refractivity (Wildman–Crippen MR) is 111 cm³/mol. The van der Waals surface area contributed by atoms with Gasteiger partial charge in [0.2, 0.25) is 5.09 Å². The molecule has 2 aliphatic rings. The summed E-state index contributed by atoms with van der Waals surface area (Å²) in [6.07, 6.45) is 2.76. The van der Waals surface area contributed by atoms with E-state index in [1.54, 1.807) is 4.90 Å². The van der Waals surface area contributed by atoms with Crippen LogP contribution in [0.3, 0.4) is 0 Å². The second-order valence-corrected chi connectivity index (χ2v) is 9.57. The number of piperazine rings is 1. The average molecular weight is 418 g/mol. The van der Waals surface area contributed by atoms with Crippen molar-refractivity contribution in [1.82, 2.24) is 9.21 Å². The third kappa shape index (κ3) is 4.18. The highest BCUT2D eigenvalue weighted by Crippen LogP contribution is 2.24. The summed E-state index contributed by atoms with van der Waals surface area (Å²) in [6, 6.07) is 11.2. The standard InChI is InChI=1S/C21H27N3O4S/c1-17-6-5-7-18(16-17)22-12-14-23(15-13-22)21(25)19-8-9-20(28-19)29(26,27)24-10-3-2-4-11-24/h5-9,16H,2-4,10-15H2,1H3. The summed E-state index contributed by atoms with van der Waals surface area (Å²) < 4.78 is 32.4. The van der Waals surface area contributed by atoms with Crippen LogP contribution in [0.1, 0.15) is 35.4 Å². The molecule has 2 saturated heterocycles. The first-order valence-corrected chi connectivity index (χ1v) is 11.6. The van der Waals surface area contributed by atoms with Crippen LogP contribution in [0, 0.1) is 6.92 Å². The van der Waals surface area contributed by atoms with Gasteiger partial charge in [0.25, 0.3) is 15.9 Å². The Balaban J connectivity index is 1.41. The number of amides is 1. The highest BCUT2D eigenvalue weighted by atomic mass is 32.2. The Bertz CT molecular complexity index is 971. The first-order chi connectivity index (χ1) is 13.9. The average Bonchev–Trinajstić information content (AvgIpc) is 3.25. The van der Waals surface area contributed by atoms with Crippen LogP contribution in [0.5, 0.6) is 0 Å². The number of sulfonamides is 1. The molecule has 7 nitrogen and oxygen atoms in total. The monoisotopic (exact) mass is 417 g/mol. The molecular formula is C21H27N3O4S. The van der Waals surface area contributed by atoms with Crippen molar-refractivity contribution in [1.29, 1.82) is 0 Å². The third-order valence-corrected chi connectivity index (χ3v) is 7.41. The molecule has 0 aliphatic carbocycles. The molecule has 0 spiro atoms. The maximum Gasteiger partial charge on any atom is 0.289 e. The number of hydrogen-bond acceptors (Lipinski definition) is 5. The summed E-state index contributed by atoms with van der Waals surface area (Å²) in [7, 11) is -3.67. The van der Waals surface area contributed by atoms with E-state index in [2.05, 4.69) is 30.0 Å². The van der Waals surface area contributed by atoms with Gasteiger partial charge in [-0.3, -0.25) is 4.79 Å². The Hall–Kier alpha value is -2.32. The number of hydrogen-bond donors (Lipinski definition) is 0. The molecular weight excluding hydrogens is 390 g/mol.